The van der Waals surface area contributed by atoms with Crippen LogP contribution in [0.1, 0.15) is 20.3 Å². The van der Waals surface area contributed by atoms with Crippen LogP contribution in [0.4, 0.5) is 5.69 Å². The SMILES string of the molecule is C=CCOc1ccc2c(NCCCN(CC)CC)ccnc2c1. The third-order valence-electron chi connectivity index (χ3n) is 3.94. The van der Waals surface area contributed by atoms with Crippen LogP contribution < -0.4 is 10.1 Å². The van der Waals surface area contributed by atoms with E-state index in [2.05, 4.69) is 41.7 Å². The number of fused-ring (bicyclic) bond motifs is 1. The van der Waals surface area contributed by atoms with E-state index in [1.807, 2.05) is 24.4 Å². The van der Waals surface area contributed by atoms with E-state index in [0.29, 0.717) is 6.61 Å². The summed E-state index contributed by atoms with van der Waals surface area (Å²) in [7, 11) is 0. The molecule has 0 aliphatic carbocycles. The average molecular weight is 313 g/mol. The summed E-state index contributed by atoms with van der Waals surface area (Å²) in [4.78, 5) is 6.88. The molecule has 23 heavy (non-hydrogen) atoms. The van der Waals surface area contributed by atoms with Crippen LogP contribution in [-0.2, 0) is 0 Å². The van der Waals surface area contributed by atoms with Gasteiger partial charge in [-0.2, -0.15) is 0 Å². The Morgan fingerprint density at radius 1 is 1.26 bits per heavy atom. The van der Waals surface area contributed by atoms with Crippen LogP contribution in [-0.4, -0.2) is 42.7 Å². The fourth-order valence-electron chi connectivity index (χ4n) is 2.59. The molecule has 0 fully saturated rings. The molecule has 0 aliphatic heterocycles. The molecule has 0 bridgehead atoms. The Morgan fingerprint density at radius 2 is 2.09 bits per heavy atom. The maximum Gasteiger partial charge on any atom is 0.121 e. The first kappa shape index (κ1) is 17.3. The van der Waals surface area contributed by atoms with Crippen LogP contribution in [0.3, 0.4) is 0 Å². The van der Waals surface area contributed by atoms with Gasteiger partial charge in [0.25, 0.3) is 0 Å². The number of hydrogen-bond donors (Lipinski definition) is 1. The van der Waals surface area contributed by atoms with Crippen molar-refractivity contribution >= 4 is 16.6 Å². The molecule has 1 N–H and O–H groups in total. The first-order chi connectivity index (χ1) is 11.3. The Hall–Kier alpha value is -2.07. The minimum absolute atomic E-state index is 0.509. The summed E-state index contributed by atoms with van der Waals surface area (Å²) in [5.74, 6) is 0.823. The van der Waals surface area contributed by atoms with Crippen molar-refractivity contribution < 1.29 is 4.74 Å². The summed E-state index contributed by atoms with van der Waals surface area (Å²) in [6.45, 7) is 12.9. The van der Waals surface area contributed by atoms with Crippen molar-refractivity contribution in [2.45, 2.75) is 20.3 Å². The Bertz CT molecular complexity index is 623. The van der Waals surface area contributed by atoms with Gasteiger partial charge in [0, 0.05) is 29.9 Å². The highest BCUT2D eigenvalue weighted by Crippen LogP contribution is 2.25. The first-order valence-electron chi connectivity index (χ1n) is 8.37. The molecule has 0 radical (unpaired) electrons. The molecule has 4 heteroatoms. The van der Waals surface area contributed by atoms with E-state index < -0.39 is 0 Å². The largest absolute Gasteiger partial charge is 0.489 e. The predicted molar refractivity (Wildman–Crippen MR) is 98.3 cm³/mol. The number of hydrogen-bond acceptors (Lipinski definition) is 4. The van der Waals surface area contributed by atoms with Crippen molar-refractivity contribution in [3.05, 3.63) is 43.1 Å². The van der Waals surface area contributed by atoms with Gasteiger partial charge in [-0.05, 0) is 44.3 Å². The zero-order valence-electron chi connectivity index (χ0n) is 14.2. The maximum absolute atomic E-state index is 5.57. The highest BCUT2D eigenvalue weighted by molar-refractivity contribution is 5.91. The normalized spacial score (nSPS) is 10.9. The monoisotopic (exact) mass is 313 g/mol. The number of nitrogens with one attached hydrogen (secondary N) is 1. The molecule has 124 valence electrons. The standard InChI is InChI=1S/C19H27N3O/c1-4-14-23-16-8-9-17-18(10-12-21-19(17)15-16)20-11-7-13-22(5-2)6-3/h4,8-10,12,15H,1,5-7,11,13-14H2,2-3H3,(H,20,21). The van der Waals surface area contributed by atoms with E-state index in [-0.39, 0.29) is 0 Å². The molecule has 2 aromatic rings. The van der Waals surface area contributed by atoms with E-state index in [1.165, 1.54) is 0 Å². The summed E-state index contributed by atoms with van der Waals surface area (Å²) in [6, 6.07) is 8.05. The van der Waals surface area contributed by atoms with Crippen LogP contribution in [0.2, 0.25) is 0 Å². The van der Waals surface area contributed by atoms with Crippen molar-refractivity contribution in [1.82, 2.24) is 9.88 Å². The molecule has 1 aromatic carbocycles. The molecular weight excluding hydrogens is 286 g/mol. The van der Waals surface area contributed by atoms with Gasteiger partial charge in [-0.25, -0.2) is 0 Å². The van der Waals surface area contributed by atoms with Gasteiger partial charge in [-0.1, -0.05) is 26.5 Å². The zero-order chi connectivity index (χ0) is 16.5. The molecule has 0 saturated heterocycles. The van der Waals surface area contributed by atoms with Gasteiger partial charge in [0.15, 0.2) is 0 Å². The second-order valence-corrected chi connectivity index (χ2v) is 5.44. The summed E-state index contributed by atoms with van der Waals surface area (Å²) < 4.78 is 5.57. The smallest absolute Gasteiger partial charge is 0.121 e. The molecule has 0 unspecified atom stereocenters. The number of benzene rings is 1. The van der Waals surface area contributed by atoms with Crippen molar-refractivity contribution in [2.75, 3.05) is 38.1 Å². The second kappa shape index (κ2) is 9.16. The van der Waals surface area contributed by atoms with Gasteiger partial charge in [0.2, 0.25) is 0 Å². The molecule has 1 aromatic heterocycles. The number of pyridine rings is 1. The van der Waals surface area contributed by atoms with Crippen LogP contribution >= 0.6 is 0 Å². The van der Waals surface area contributed by atoms with E-state index in [0.717, 1.165) is 54.9 Å². The summed E-state index contributed by atoms with van der Waals surface area (Å²) in [5, 5.41) is 4.66. The highest BCUT2D eigenvalue weighted by atomic mass is 16.5. The molecule has 4 nitrogen and oxygen atoms in total. The minimum Gasteiger partial charge on any atom is -0.489 e. The molecule has 0 amide bonds. The Labute approximate surface area is 139 Å². The molecule has 2 rings (SSSR count). The van der Waals surface area contributed by atoms with Crippen LogP contribution in [0, 0.1) is 0 Å². The third kappa shape index (κ3) is 4.96. The molecule has 0 aliphatic rings. The van der Waals surface area contributed by atoms with Crippen molar-refractivity contribution in [1.29, 1.82) is 0 Å². The lowest BCUT2D eigenvalue weighted by Crippen LogP contribution is -2.25. The molecule has 0 spiro atoms. The van der Waals surface area contributed by atoms with Crippen molar-refractivity contribution in [3.8, 4) is 5.75 Å². The molecule has 0 atom stereocenters. The van der Waals surface area contributed by atoms with E-state index in [9.17, 15) is 0 Å². The fourth-order valence-corrected chi connectivity index (χ4v) is 2.59. The fraction of sp³-hybridized carbons (Fsp3) is 0.421. The Morgan fingerprint density at radius 3 is 2.83 bits per heavy atom. The van der Waals surface area contributed by atoms with E-state index >= 15 is 0 Å². The van der Waals surface area contributed by atoms with Crippen molar-refractivity contribution in [2.24, 2.45) is 0 Å². The lowest BCUT2D eigenvalue weighted by molar-refractivity contribution is 0.303. The molecule has 0 saturated carbocycles. The number of rotatable bonds is 10. The summed E-state index contributed by atoms with van der Waals surface area (Å²) in [5.41, 5.74) is 2.07. The van der Waals surface area contributed by atoms with Gasteiger partial charge in [0.1, 0.15) is 12.4 Å². The third-order valence-corrected chi connectivity index (χ3v) is 3.94. The van der Waals surface area contributed by atoms with Crippen LogP contribution in [0.25, 0.3) is 10.9 Å². The predicted octanol–water partition coefficient (Wildman–Crippen LogP) is 3.94. The number of aromatic nitrogens is 1. The zero-order valence-corrected chi connectivity index (χ0v) is 14.2. The average Bonchev–Trinajstić information content (AvgIpc) is 2.60. The van der Waals surface area contributed by atoms with Crippen LogP contribution in [0.5, 0.6) is 5.75 Å². The molecular formula is C19H27N3O. The van der Waals surface area contributed by atoms with Gasteiger partial charge in [0.05, 0.1) is 5.52 Å². The second-order valence-electron chi connectivity index (χ2n) is 5.44. The van der Waals surface area contributed by atoms with Gasteiger partial charge in [-0.3, -0.25) is 4.98 Å². The van der Waals surface area contributed by atoms with Gasteiger partial charge >= 0.3 is 0 Å². The molecule has 1 heterocycles. The Balaban J connectivity index is 1.99. The van der Waals surface area contributed by atoms with Gasteiger partial charge < -0.3 is 15.0 Å². The number of ether oxygens (including phenoxy) is 1. The number of anilines is 1. The lowest BCUT2D eigenvalue weighted by atomic mass is 10.1. The van der Waals surface area contributed by atoms with E-state index in [1.54, 1.807) is 6.08 Å². The van der Waals surface area contributed by atoms with E-state index in [4.69, 9.17) is 4.74 Å². The minimum atomic E-state index is 0.509. The quantitative estimate of drug-likeness (QED) is 0.532. The number of nitrogens with zero attached hydrogens (tertiary/aromatic N) is 2. The summed E-state index contributed by atoms with van der Waals surface area (Å²) >= 11 is 0. The van der Waals surface area contributed by atoms with Crippen LogP contribution in [0.15, 0.2) is 43.1 Å². The highest BCUT2D eigenvalue weighted by Gasteiger charge is 2.04. The lowest BCUT2D eigenvalue weighted by Gasteiger charge is -2.18. The maximum atomic E-state index is 5.57. The van der Waals surface area contributed by atoms with Gasteiger partial charge in [-0.15, -0.1) is 0 Å². The topological polar surface area (TPSA) is 37.4 Å². The summed E-state index contributed by atoms with van der Waals surface area (Å²) in [6.07, 6.45) is 4.71. The first-order valence-corrected chi connectivity index (χ1v) is 8.37. The Kier molecular flexibility index (Phi) is 6.88. The van der Waals surface area contributed by atoms with Crippen molar-refractivity contribution in [3.63, 3.8) is 0 Å².